The molecule has 4 rings (SSSR count). The zero-order valence-electron chi connectivity index (χ0n) is 15.3. The predicted molar refractivity (Wildman–Crippen MR) is 102 cm³/mol. The Bertz CT molecular complexity index is 798. The highest BCUT2D eigenvalue weighted by Gasteiger charge is 2.55. The standard InChI is InChI=1S/C21H25N3O3/c1-27-13-7-12-24-20(14-8-3-2-4-9-14)17-18(22-23-19(17)21(24)26)15-10-5-6-11-16(15)25/h2-6,8-11,17-20,22-23,25H,7,12-13H2,1H3. The number of hydrazine groups is 1. The maximum atomic E-state index is 13.1. The Hall–Kier alpha value is -2.41. The number of fused-ring (bicyclic) bond motifs is 1. The summed E-state index contributed by atoms with van der Waals surface area (Å²) in [7, 11) is 1.68. The summed E-state index contributed by atoms with van der Waals surface area (Å²) in [4.78, 5) is 15.1. The van der Waals surface area contributed by atoms with Crippen LogP contribution < -0.4 is 10.9 Å². The summed E-state index contributed by atoms with van der Waals surface area (Å²) in [6.45, 7) is 1.27. The summed E-state index contributed by atoms with van der Waals surface area (Å²) in [5, 5.41) is 10.4. The average Bonchev–Trinajstić information content (AvgIpc) is 3.23. The van der Waals surface area contributed by atoms with Gasteiger partial charge in [0.2, 0.25) is 5.91 Å². The summed E-state index contributed by atoms with van der Waals surface area (Å²) >= 11 is 0. The van der Waals surface area contributed by atoms with E-state index in [1.165, 1.54) is 0 Å². The minimum Gasteiger partial charge on any atom is -0.508 e. The largest absolute Gasteiger partial charge is 0.508 e. The summed E-state index contributed by atoms with van der Waals surface area (Å²) in [5.74, 6) is 0.320. The van der Waals surface area contributed by atoms with E-state index in [0.29, 0.717) is 13.2 Å². The van der Waals surface area contributed by atoms with Crippen molar-refractivity contribution >= 4 is 5.91 Å². The predicted octanol–water partition coefficient (Wildman–Crippen LogP) is 2.15. The monoisotopic (exact) mass is 367 g/mol. The minimum atomic E-state index is -0.317. The lowest BCUT2D eigenvalue weighted by Gasteiger charge is -2.31. The lowest BCUT2D eigenvalue weighted by atomic mass is 9.83. The van der Waals surface area contributed by atoms with Gasteiger partial charge in [-0.3, -0.25) is 4.79 Å². The van der Waals surface area contributed by atoms with Gasteiger partial charge < -0.3 is 14.7 Å². The van der Waals surface area contributed by atoms with Crippen molar-refractivity contribution in [3.05, 3.63) is 65.7 Å². The van der Waals surface area contributed by atoms with Gasteiger partial charge in [-0.2, -0.15) is 0 Å². The first kappa shape index (κ1) is 18.0. The van der Waals surface area contributed by atoms with Gasteiger partial charge in [0.1, 0.15) is 11.8 Å². The van der Waals surface area contributed by atoms with Crippen molar-refractivity contribution in [2.45, 2.75) is 24.5 Å². The number of amides is 1. The van der Waals surface area contributed by atoms with E-state index in [9.17, 15) is 9.90 Å². The maximum Gasteiger partial charge on any atom is 0.242 e. The molecule has 4 unspecified atom stereocenters. The summed E-state index contributed by atoms with van der Waals surface area (Å²) in [6.07, 6.45) is 0.791. The molecule has 2 fully saturated rings. The van der Waals surface area contributed by atoms with Crippen LogP contribution in [0.1, 0.15) is 29.6 Å². The first-order valence-corrected chi connectivity index (χ1v) is 9.35. The highest BCUT2D eigenvalue weighted by atomic mass is 16.5. The van der Waals surface area contributed by atoms with Crippen LogP contribution in [0, 0.1) is 5.92 Å². The van der Waals surface area contributed by atoms with Crippen molar-refractivity contribution in [3.63, 3.8) is 0 Å². The molecule has 2 aromatic carbocycles. The molecule has 6 nitrogen and oxygen atoms in total. The van der Waals surface area contributed by atoms with Gasteiger partial charge in [-0.1, -0.05) is 48.5 Å². The van der Waals surface area contributed by atoms with E-state index in [1.807, 2.05) is 41.3 Å². The molecule has 0 aliphatic carbocycles. The summed E-state index contributed by atoms with van der Waals surface area (Å²) < 4.78 is 5.18. The number of carbonyl (C=O) groups is 1. The maximum absolute atomic E-state index is 13.1. The Labute approximate surface area is 159 Å². The molecular formula is C21H25N3O3. The van der Waals surface area contributed by atoms with Crippen LogP contribution in [0.4, 0.5) is 0 Å². The number of phenols is 1. The van der Waals surface area contributed by atoms with Crippen molar-refractivity contribution in [3.8, 4) is 5.75 Å². The van der Waals surface area contributed by atoms with Crippen LogP contribution in [0.5, 0.6) is 5.75 Å². The van der Waals surface area contributed by atoms with Gasteiger partial charge in [-0.25, -0.2) is 10.9 Å². The molecule has 2 aliphatic heterocycles. The van der Waals surface area contributed by atoms with Crippen LogP contribution in [0.25, 0.3) is 0 Å². The third-order valence-corrected chi connectivity index (χ3v) is 5.57. The zero-order chi connectivity index (χ0) is 18.8. The van der Waals surface area contributed by atoms with E-state index in [2.05, 4.69) is 23.0 Å². The normalized spacial score (nSPS) is 27.1. The topological polar surface area (TPSA) is 73.8 Å². The number of aromatic hydroxyl groups is 1. The van der Waals surface area contributed by atoms with Gasteiger partial charge in [-0.15, -0.1) is 0 Å². The smallest absolute Gasteiger partial charge is 0.242 e. The molecule has 0 bridgehead atoms. The van der Waals surface area contributed by atoms with Gasteiger partial charge in [0, 0.05) is 31.7 Å². The third-order valence-electron chi connectivity index (χ3n) is 5.57. The molecule has 1 amide bonds. The number of hydrogen-bond donors (Lipinski definition) is 3. The number of nitrogens with one attached hydrogen (secondary N) is 2. The lowest BCUT2D eigenvalue weighted by Crippen LogP contribution is -2.41. The van der Waals surface area contributed by atoms with Crippen LogP contribution in [-0.4, -0.2) is 42.2 Å². The van der Waals surface area contributed by atoms with Gasteiger partial charge >= 0.3 is 0 Å². The molecule has 2 aliphatic rings. The Kier molecular flexibility index (Phi) is 5.11. The van der Waals surface area contributed by atoms with Crippen LogP contribution >= 0.6 is 0 Å². The van der Waals surface area contributed by atoms with E-state index in [-0.39, 0.29) is 35.7 Å². The van der Waals surface area contributed by atoms with E-state index < -0.39 is 0 Å². The fourth-order valence-electron chi connectivity index (χ4n) is 4.40. The number of carbonyl (C=O) groups excluding carboxylic acids is 1. The summed E-state index contributed by atoms with van der Waals surface area (Å²) in [6, 6.07) is 16.9. The van der Waals surface area contributed by atoms with Crippen molar-refractivity contribution in [2.24, 2.45) is 5.92 Å². The first-order valence-electron chi connectivity index (χ1n) is 9.35. The van der Waals surface area contributed by atoms with Crippen LogP contribution in [0.2, 0.25) is 0 Å². The number of benzene rings is 2. The van der Waals surface area contributed by atoms with E-state index in [1.54, 1.807) is 13.2 Å². The Morgan fingerprint density at radius 2 is 1.74 bits per heavy atom. The number of methoxy groups -OCH3 is 1. The molecule has 2 saturated heterocycles. The molecule has 3 N–H and O–H groups in total. The lowest BCUT2D eigenvalue weighted by molar-refractivity contribution is -0.131. The van der Waals surface area contributed by atoms with Crippen LogP contribution in [0.15, 0.2) is 54.6 Å². The number of nitrogens with zero attached hydrogens (tertiary/aromatic N) is 1. The van der Waals surface area contributed by atoms with Gasteiger partial charge in [-0.05, 0) is 18.1 Å². The van der Waals surface area contributed by atoms with Crippen LogP contribution in [-0.2, 0) is 9.53 Å². The molecule has 0 saturated carbocycles. The molecule has 0 aromatic heterocycles. The number of para-hydroxylation sites is 1. The Morgan fingerprint density at radius 3 is 2.48 bits per heavy atom. The fraction of sp³-hybridized carbons (Fsp3) is 0.381. The van der Waals surface area contributed by atoms with Gasteiger partial charge in [0.25, 0.3) is 0 Å². The molecule has 6 heteroatoms. The average molecular weight is 367 g/mol. The molecule has 27 heavy (non-hydrogen) atoms. The fourth-order valence-corrected chi connectivity index (χ4v) is 4.40. The number of ether oxygens (including phenoxy) is 1. The third kappa shape index (κ3) is 3.20. The van der Waals surface area contributed by atoms with E-state index >= 15 is 0 Å². The molecule has 4 atom stereocenters. The van der Waals surface area contributed by atoms with Crippen molar-refractivity contribution in [1.82, 2.24) is 15.8 Å². The van der Waals surface area contributed by atoms with E-state index in [4.69, 9.17) is 4.74 Å². The van der Waals surface area contributed by atoms with Crippen molar-refractivity contribution in [1.29, 1.82) is 0 Å². The number of likely N-dealkylation sites (tertiary alicyclic amines) is 1. The second kappa shape index (κ2) is 7.68. The van der Waals surface area contributed by atoms with Gasteiger partial charge in [0.15, 0.2) is 0 Å². The number of phenolic OH excluding ortho intramolecular Hbond substituents is 1. The van der Waals surface area contributed by atoms with Crippen LogP contribution in [0.3, 0.4) is 0 Å². The second-order valence-corrected chi connectivity index (χ2v) is 7.11. The molecular weight excluding hydrogens is 342 g/mol. The molecule has 142 valence electrons. The molecule has 2 heterocycles. The van der Waals surface area contributed by atoms with Crippen molar-refractivity contribution in [2.75, 3.05) is 20.3 Å². The Balaban J connectivity index is 1.71. The molecule has 0 radical (unpaired) electrons. The Morgan fingerprint density at radius 1 is 1.04 bits per heavy atom. The SMILES string of the molecule is COCCCN1C(=O)C2NNC(c3ccccc3O)C2C1c1ccccc1. The highest BCUT2D eigenvalue weighted by Crippen LogP contribution is 2.48. The summed E-state index contributed by atoms with van der Waals surface area (Å²) in [5.41, 5.74) is 8.36. The second-order valence-electron chi connectivity index (χ2n) is 7.11. The quantitative estimate of drug-likeness (QED) is 0.682. The molecule has 0 spiro atoms. The number of rotatable bonds is 6. The minimum absolute atomic E-state index is 0.0178. The first-order chi connectivity index (χ1) is 13.2. The highest BCUT2D eigenvalue weighted by molar-refractivity contribution is 5.86. The van der Waals surface area contributed by atoms with Gasteiger partial charge in [0.05, 0.1) is 12.1 Å². The van der Waals surface area contributed by atoms with Crippen molar-refractivity contribution < 1.29 is 14.6 Å². The number of hydrogen-bond acceptors (Lipinski definition) is 5. The zero-order valence-corrected chi connectivity index (χ0v) is 15.3. The molecule has 2 aromatic rings. The van der Waals surface area contributed by atoms with E-state index in [0.717, 1.165) is 17.5 Å².